The van der Waals surface area contributed by atoms with Crippen molar-refractivity contribution in [1.82, 2.24) is 10.2 Å². The first-order chi connectivity index (χ1) is 10.2. The smallest absolute Gasteiger partial charge is 0.223 e. The molecule has 1 amide bonds. The lowest BCUT2D eigenvalue weighted by atomic mass is 9.93. The van der Waals surface area contributed by atoms with Crippen LogP contribution in [-0.4, -0.2) is 30.4 Å². The molecular weight excluding hydrogens is 328 g/mol. The minimum Gasteiger partial charge on any atom is -0.336 e. The molecule has 0 aromatic heterocycles. The number of hydrogen-bond donors (Lipinski definition) is 1. The van der Waals surface area contributed by atoms with Crippen molar-refractivity contribution in [3.05, 3.63) is 34.3 Å². The van der Waals surface area contributed by atoms with Gasteiger partial charge in [0.25, 0.3) is 0 Å². The quantitative estimate of drug-likeness (QED) is 0.904. The molecule has 2 saturated heterocycles. The number of carbonyl (C=O) groups excluding carboxylic acids is 1. The van der Waals surface area contributed by atoms with Crippen LogP contribution in [0.4, 0.5) is 0 Å². The van der Waals surface area contributed by atoms with E-state index in [4.69, 9.17) is 0 Å². The molecule has 2 heterocycles. The molecule has 4 heteroatoms. The van der Waals surface area contributed by atoms with Crippen molar-refractivity contribution in [1.29, 1.82) is 0 Å². The summed E-state index contributed by atoms with van der Waals surface area (Å²) >= 11 is 3.54. The molecule has 1 aromatic rings. The van der Waals surface area contributed by atoms with E-state index in [2.05, 4.69) is 44.3 Å². The van der Waals surface area contributed by atoms with Crippen LogP contribution in [-0.2, 0) is 4.79 Å². The van der Waals surface area contributed by atoms with E-state index in [1.54, 1.807) is 0 Å². The molecule has 114 valence electrons. The lowest BCUT2D eigenvalue weighted by molar-refractivity contribution is -0.133. The van der Waals surface area contributed by atoms with Gasteiger partial charge in [-0.2, -0.15) is 0 Å². The van der Waals surface area contributed by atoms with Gasteiger partial charge in [-0.1, -0.05) is 28.1 Å². The van der Waals surface area contributed by atoms with Crippen LogP contribution in [0.3, 0.4) is 0 Å². The summed E-state index contributed by atoms with van der Waals surface area (Å²) in [7, 11) is 0. The minimum atomic E-state index is 0.275. The van der Waals surface area contributed by atoms with Crippen LogP contribution in [0.2, 0.25) is 0 Å². The maximum absolute atomic E-state index is 12.7. The first-order valence-electron chi connectivity index (χ1n) is 7.99. The van der Waals surface area contributed by atoms with Gasteiger partial charge in [-0.25, -0.2) is 0 Å². The van der Waals surface area contributed by atoms with Gasteiger partial charge >= 0.3 is 0 Å². The minimum absolute atomic E-state index is 0.275. The molecule has 21 heavy (non-hydrogen) atoms. The average molecular weight is 351 g/mol. The summed E-state index contributed by atoms with van der Waals surface area (Å²) in [4.78, 5) is 14.8. The molecule has 0 bridgehead atoms. The predicted octanol–water partition coefficient (Wildman–Crippen LogP) is 3.50. The van der Waals surface area contributed by atoms with Crippen LogP contribution in [0.25, 0.3) is 0 Å². The number of benzene rings is 1. The Morgan fingerprint density at radius 1 is 1.29 bits per heavy atom. The van der Waals surface area contributed by atoms with Crippen molar-refractivity contribution in [2.45, 2.75) is 38.1 Å². The molecule has 1 aromatic carbocycles. The molecule has 1 atom stereocenters. The normalized spacial score (nSPS) is 23.5. The van der Waals surface area contributed by atoms with E-state index in [0.29, 0.717) is 11.8 Å². The average Bonchev–Trinajstić information content (AvgIpc) is 2.98. The van der Waals surface area contributed by atoms with Gasteiger partial charge in [0, 0.05) is 17.4 Å². The third kappa shape index (κ3) is 3.67. The lowest BCUT2D eigenvalue weighted by Gasteiger charge is -2.29. The highest BCUT2D eigenvalue weighted by molar-refractivity contribution is 9.10. The van der Waals surface area contributed by atoms with Gasteiger partial charge in [0.15, 0.2) is 0 Å². The Kier molecular flexibility index (Phi) is 4.96. The van der Waals surface area contributed by atoms with E-state index >= 15 is 0 Å². The standard InChI is InChI=1S/C17H23BrN2O/c18-15-4-1-3-14(12-15)16-5-2-10-20(16)17(21)11-13-6-8-19-9-7-13/h1,3-4,12-13,16,19H,2,5-11H2. The number of amides is 1. The summed E-state index contributed by atoms with van der Waals surface area (Å²) in [5.41, 5.74) is 1.26. The van der Waals surface area contributed by atoms with E-state index in [1.165, 1.54) is 5.56 Å². The number of nitrogens with zero attached hydrogens (tertiary/aromatic N) is 1. The van der Waals surface area contributed by atoms with Crippen LogP contribution >= 0.6 is 15.9 Å². The zero-order valence-corrected chi connectivity index (χ0v) is 13.9. The summed E-state index contributed by atoms with van der Waals surface area (Å²) in [5.74, 6) is 0.923. The number of rotatable bonds is 3. The van der Waals surface area contributed by atoms with E-state index in [-0.39, 0.29) is 6.04 Å². The van der Waals surface area contributed by atoms with Crippen LogP contribution in [0.5, 0.6) is 0 Å². The Balaban J connectivity index is 1.67. The van der Waals surface area contributed by atoms with Gasteiger partial charge in [0.2, 0.25) is 5.91 Å². The fraction of sp³-hybridized carbons (Fsp3) is 0.588. The van der Waals surface area contributed by atoms with Gasteiger partial charge in [0.05, 0.1) is 6.04 Å². The Morgan fingerprint density at radius 2 is 2.10 bits per heavy atom. The predicted molar refractivity (Wildman–Crippen MR) is 88.0 cm³/mol. The Morgan fingerprint density at radius 3 is 2.86 bits per heavy atom. The van der Waals surface area contributed by atoms with Crippen molar-refractivity contribution < 1.29 is 4.79 Å². The van der Waals surface area contributed by atoms with Gasteiger partial charge in [-0.3, -0.25) is 4.79 Å². The Hall–Kier alpha value is -0.870. The Labute approximate surface area is 135 Å². The molecule has 1 unspecified atom stereocenters. The first kappa shape index (κ1) is 15.0. The third-order valence-electron chi connectivity index (χ3n) is 4.73. The fourth-order valence-electron chi connectivity index (χ4n) is 3.58. The summed E-state index contributed by atoms with van der Waals surface area (Å²) < 4.78 is 1.10. The van der Waals surface area contributed by atoms with Crippen LogP contribution in [0, 0.1) is 5.92 Å². The molecule has 0 spiro atoms. The summed E-state index contributed by atoms with van der Waals surface area (Å²) in [6.07, 6.45) is 5.22. The molecule has 2 aliphatic heterocycles. The van der Waals surface area contributed by atoms with Gasteiger partial charge in [-0.15, -0.1) is 0 Å². The first-order valence-corrected chi connectivity index (χ1v) is 8.79. The second kappa shape index (κ2) is 6.93. The highest BCUT2D eigenvalue weighted by Gasteiger charge is 2.31. The van der Waals surface area contributed by atoms with Crippen molar-refractivity contribution >= 4 is 21.8 Å². The topological polar surface area (TPSA) is 32.3 Å². The van der Waals surface area contributed by atoms with E-state index in [1.807, 2.05) is 6.07 Å². The van der Waals surface area contributed by atoms with Gasteiger partial charge < -0.3 is 10.2 Å². The van der Waals surface area contributed by atoms with Crippen LogP contribution < -0.4 is 5.32 Å². The second-order valence-corrected chi connectivity index (χ2v) is 7.11. The van der Waals surface area contributed by atoms with Crippen molar-refractivity contribution in [2.75, 3.05) is 19.6 Å². The summed E-state index contributed by atoms with van der Waals surface area (Å²) in [5, 5.41) is 3.37. The number of nitrogens with one attached hydrogen (secondary N) is 1. The lowest BCUT2D eigenvalue weighted by Crippen LogP contribution is -2.35. The number of carbonyl (C=O) groups is 1. The molecule has 0 saturated carbocycles. The monoisotopic (exact) mass is 350 g/mol. The molecule has 3 rings (SSSR count). The van der Waals surface area contributed by atoms with Crippen molar-refractivity contribution in [3.8, 4) is 0 Å². The van der Waals surface area contributed by atoms with E-state index in [9.17, 15) is 4.79 Å². The van der Waals surface area contributed by atoms with Crippen molar-refractivity contribution in [2.24, 2.45) is 5.92 Å². The zero-order valence-electron chi connectivity index (χ0n) is 12.4. The molecule has 2 aliphatic rings. The fourth-order valence-corrected chi connectivity index (χ4v) is 3.99. The SMILES string of the molecule is O=C(CC1CCNCC1)N1CCCC1c1cccc(Br)c1. The highest BCUT2D eigenvalue weighted by atomic mass is 79.9. The summed E-state index contributed by atoms with van der Waals surface area (Å²) in [6.45, 7) is 3.04. The maximum Gasteiger partial charge on any atom is 0.223 e. The van der Waals surface area contributed by atoms with Crippen LogP contribution in [0.1, 0.15) is 43.7 Å². The molecular formula is C17H23BrN2O. The zero-order chi connectivity index (χ0) is 14.7. The van der Waals surface area contributed by atoms with E-state index in [0.717, 1.165) is 56.2 Å². The second-order valence-electron chi connectivity index (χ2n) is 6.20. The molecule has 0 radical (unpaired) electrons. The molecule has 1 N–H and O–H groups in total. The Bertz CT molecular complexity index is 499. The largest absolute Gasteiger partial charge is 0.336 e. The van der Waals surface area contributed by atoms with Crippen LogP contribution in [0.15, 0.2) is 28.7 Å². The van der Waals surface area contributed by atoms with Crippen molar-refractivity contribution in [3.63, 3.8) is 0 Å². The number of halogens is 1. The number of piperidine rings is 1. The van der Waals surface area contributed by atoms with E-state index < -0.39 is 0 Å². The molecule has 3 nitrogen and oxygen atoms in total. The maximum atomic E-state index is 12.7. The number of likely N-dealkylation sites (tertiary alicyclic amines) is 1. The van der Waals surface area contributed by atoms with Gasteiger partial charge in [0.1, 0.15) is 0 Å². The summed E-state index contributed by atoms with van der Waals surface area (Å²) in [6, 6.07) is 8.68. The third-order valence-corrected chi connectivity index (χ3v) is 5.22. The highest BCUT2D eigenvalue weighted by Crippen LogP contribution is 2.34. The number of hydrogen-bond acceptors (Lipinski definition) is 2. The molecule has 2 fully saturated rings. The van der Waals surface area contributed by atoms with Gasteiger partial charge in [-0.05, 0) is 62.4 Å². The molecule has 0 aliphatic carbocycles.